The van der Waals surface area contributed by atoms with E-state index in [1.807, 2.05) is 33.8 Å². The van der Waals surface area contributed by atoms with Crippen molar-refractivity contribution >= 4 is 34.3 Å². The third-order valence-electron chi connectivity index (χ3n) is 4.42. The zero-order valence-corrected chi connectivity index (χ0v) is 18.4. The van der Waals surface area contributed by atoms with E-state index in [1.165, 1.54) is 7.11 Å². The molecule has 0 aliphatic heterocycles. The number of amides is 3. The summed E-state index contributed by atoms with van der Waals surface area (Å²) in [6.07, 6.45) is 1.65. The summed E-state index contributed by atoms with van der Waals surface area (Å²) in [6.45, 7) is 8.46. The zero-order valence-electron chi connectivity index (χ0n) is 18.4. The predicted molar refractivity (Wildman–Crippen MR) is 122 cm³/mol. The summed E-state index contributed by atoms with van der Waals surface area (Å²) in [5.41, 5.74) is 3.35. The van der Waals surface area contributed by atoms with Gasteiger partial charge in [-0.15, -0.1) is 0 Å². The van der Waals surface area contributed by atoms with Crippen molar-refractivity contribution in [1.82, 2.24) is 15.3 Å². The topological polar surface area (TPSA) is 105 Å². The Balaban J connectivity index is 1.78. The molecule has 0 aliphatic carbocycles. The molecule has 0 unspecified atom stereocenters. The van der Waals surface area contributed by atoms with Crippen molar-refractivity contribution in [2.45, 2.75) is 27.7 Å². The molecule has 0 saturated carbocycles. The van der Waals surface area contributed by atoms with Crippen LogP contribution in [-0.4, -0.2) is 35.6 Å². The number of rotatable bonds is 5. The zero-order chi connectivity index (χ0) is 22.6. The number of fused-ring (bicyclic) bond motifs is 1. The molecule has 0 bridgehead atoms. The maximum Gasteiger partial charge on any atom is 0.323 e. The van der Waals surface area contributed by atoms with Gasteiger partial charge in [-0.3, -0.25) is 14.8 Å². The van der Waals surface area contributed by atoms with Crippen LogP contribution in [0.2, 0.25) is 0 Å². The maximum absolute atomic E-state index is 12.6. The third kappa shape index (κ3) is 5.69. The molecule has 8 heteroatoms. The molecule has 0 aliphatic rings. The molecule has 2 aromatic heterocycles. The van der Waals surface area contributed by atoms with Crippen LogP contribution >= 0.6 is 0 Å². The smallest absolute Gasteiger partial charge is 0.323 e. The van der Waals surface area contributed by atoms with Crippen LogP contribution in [0.25, 0.3) is 11.0 Å². The van der Waals surface area contributed by atoms with Crippen LogP contribution in [0.15, 0.2) is 42.6 Å². The first-order valence-electron chi connectivity index (χ1n) is 9.93. The summed E-state index contributed by atoms with van der Waals surface area (Å²) < 4.78 is 5.31. The summed E-state index contributed by atoms with van der Waals surface area (Å²) >= 11 is 0. The molecule has 3 amide bonds. The molecule has 162 valence electrons. The molecule has 31 heavy (non-hydrogen) atoms. The van der Waals surface area contributed by atoms with Gasteiger partial charge in [-0.1, -0.05) is 20.8 Å². The van der Waals surface area contributed by atoms with Crippen molar-refractivity contribution in [3.05, 3.63) is 53.9 Å². The monoisotopic (exact) mass is 421 g/mol. The van der Waals surface area contributed by atoms with Gasteiger partial charge in [0.25, 0.3) is 5.91 Å². The molecule has 3 N–H and O–H groups in total. The molecule has 3 aromatic rings. The number of hydrogen-bond donors (Lipinski definition) is 3. The Bertz CT molecular complexity index is 1120. The van der Waals surface area contributed by atoms with E-state index in [-0.39, 0.29) is 11.3 Å². The third-order valence-corrected chi connectivity index (χ3v) is 4.42. The van der Waals surface area contributed by atoms with Crippen LogP contribution < -0.4 is 20.7 Å². The van der Waals surface area contributed by atoms with Gasteiger partial charge >= 0.3 is 6.03 Å². The molecule has 8 nitrogen and oxygen atoms in total. The van der Waals surface area contributed by atoms with Crippen molar-refractivity contribution in [3.63, 3.8) is 0 Å². The Labute approximate surface area is 181 Å². The Morgan fingerprint density at radius 1 is 1.10 bits per heavy atom. The summed E-state index contributed by atoms with van der Waals surface area (Å²) in [6, 6.07) is 9.84. The first-order chi connectivity index (χ1) is 14.7. The van der Waals surface area contributed by atoms with Crippen molar-refractivity contribution < 1.29 is 14.3 Å². The Hall–Kier alpha value is -3.68. The minimum absolute atomic E-state index is 0.0574. The van der Waals surface area contributed by atoms with Crippen molar-refractivity contribution in [3.8, 4) is 5.75 Å². The SMILES string of the molecule is COc1ccc(NC(=O)Nc2cc(C)nc3cccnc23)cc1C(=O)NCC(C)(C)C. The van der Waals surface area contributed by atoms with Crippen molar-refractivity contribution in [2.75, 3.05) is 24.3 Å². The summed E-state index contributed by atoms with van der Waals surface area (Å²) in [5.74, 6) is 0.160. The van der Waals surface area contributed by atoms with Gasteiger partial charge in [-0.25, -0.2) is 4.79 Å². The lowest BCUT2D eigenvalue weighted by Gasteiger charge is -2.19. The fraction of sp³-hybridized carbons (Fsp3) is 0.304. The second-order valence-electron chi connectivity index (χ2n) is 8.42. The quantitative estimate of drug-likeness (QED) is 0.567. The number of ether oxygens (including phenoxy) is 1. The van der Waals surface area contributed by atoms with Crippen LogP contribution in [0.1, 0.15) is 36.8 Å². The summed E-state index contributed by atoms with van der Waals surface area (Å²) in [4.78, 5) is 34.0. The molecule has 0 saturated heterocycles. The van der Waals surface area contributed by atoms with Gasteiger partial charge in [0.05, 0.1) is 23.9 Å². The van der Waals surface area contributed by atoms with E-state index in [4.69, 9.17) is 4.74 Å². The minimum Gasteiger partial charge on any atom is -0.496 e. The molecule has 1 aromatic carbocycles. The van der Waals surface area contributed by atoms with Gasteiger partial charge in [0, 0.05) is 24.1 Å². The van der Waals surface area contributed by atoms with Crippen LogP contribution in [0.5, 0.6) is 5.75 Å². The summed E-state index contributed by atoms with van der Waals surface area (Å²) in [5, 5.41) is 8.47. The van der Waals surface area contributed by atoms with E-state index in [2.05, 4.69) is 25.9 Å². The number of anilines is 2. The van der Waals surface area contributed by atoms with Gasteiger partial charge in [0.15, 0.2) is 0 Å². The lowest BCUT2D eigenvalue weighted by molar-refractivity contribution is 0.0936. The van der Waals surface area contributed by atoms with E-state index in [0.717, 1.165) is 5.69 Å². The van der Waals surface area contributed by atoms with Crippen molar-refractivity contribution in [1.29, 1.82) is 0 Å². The van der Waals surface area contributed by atoms with Gasteiger partial charge < -0.3 is 20.7 Å². The van der Waals surface area contributed by atoms with Gasteiger partial charge in [-0.05, 0) is 48.7 Å². The minimum atomic E-state index is -0.455. The highest BCUT2D eigenvalue weighted by atomic mass is 16.5. The van der Waals surface area contributed by atoms with Crippen LogP contribution in [0.3, 0.4) is 0 Å². The van der Waals surface area contributed by atoms with Crippen LogP contribution in [-0.2, 0) is 0 Å². The maximum atomic E-state index is 12.6. The Morgan fingerprint density at radius 2 is 1.87 bits per heavy atom. The molecular weight excluding hydrogens is 394 g/mol. The molecule has 0 spiro atoms. The van der Waals surface area contributed by atoms with Crippen molar-refractivity contribution in [2.24, 2.45) is 5.41 Å². The number of urea groups is 1. The highest BCUT2D eigenvalue weighted by Gasteiger charge is 2.17. The molecule has 2 heterocycles. The molecule has 0 fully saturated rings. The van der Waals surface area contributed by atoms with Gasteiger partial charge in [-0.2, -0.15) is 0 Å². The fourth-order valence-corrected chi connectivity index (χ4v) is 2.98. The average Bonchev–Trinajstić information content (AvgIpc) is 2.71. The number of aromatic nitrogens is 2. The number of carbonyl (C=O) groups excluding carboxylic acids is 2. The van der Waals surface area contributed by atoms with E-state index in [9.17, 15) is 9.59 Å². The first kappa shape index (κ1) is 22.0. The Kier molecular flexibility index (Phi) is 6.39. The molecule has 3 rings (SSSR count). The summed E-state index contributed by atoms with van der Waals surface area (Å²) in [7, 11) is 1.50. The molecule has 0 radical (unpaired) electrons. The van der Waals surface area contributed by atoms with Gasteiger partial charge in [0.1, 0.15) is 11.3 Å². The second kappa shape index (κ2) is 8.99. The highest BCUT2D eigenvalue weighted by Crippen LogP contribution is 2.24. The fourth-order valence-electron chi connectivity index (χ4n) is 2.98. The van der Waals surface area contributed by atoms with E-state index < -0.39 is 6.03 Å². The predicted octanol–water partition coefficient (Wildman–Crippen LogP) is 4.37. The molecule has 0 atom stereocenters. The van der Waals surface area contributed by atoms with E-state index in [0.29, 0.717) is 40.3 Å². The van der Waals surface area contributed by atoms with Gasteiger partial charge in [0.2, 0.25) is 0 Å². The van der Waals surface area contributed by atoms with Crippen LogP contribution in [0.4, 0.5) is 16.2 Å². The average molecular weight is 422 g/mol. The normalized spacial score (nSPS) is 11.1. The number of pyridine rings is 2. The molecular formula is C23H27N5O3. The Morgan fingerprint density at radius 3 is 2.58 bits per heavy atom. The standard InChI is InChI=1S/C23H27N5O3/c1-14-11-18(20-17(26-14)7-6-10-24-20)28-22(30)27-15-8-9-19(31-5)16(12-15)21(29)25-13-23(2,3)4/h6-12H,13H2,1-5H3,(H,25,29)(H2,26,27,28,30). The highest BCUT2D eigenvalue weighted by molar-refractivity contribution is 6.05. The number of nitrogens with zero attached hydrogens (tertiary/aromatic N) is 2. The number of aryl methyl sites for hydroxylation is 1. The second-order valence-corrected chi connectivity index (χ2v) is 8.42. The lowest BCUT2D eigenvalue weighted by atomic mass is 9.97. The number of carbonyl (C=O) groups is 2. The number of benzene rings is 1. The van der Waals surface area contributed by atoms with E-state index >= 15 is 0 Å². The number of methoxy groups -OCH3 is 1. The first-order valence-corrected chi connectivity index (χ1v) is 9.93. The van der Waals surface area contributed by atoms with E-state index in [1.54, 1.807) is 36.5 Å². The number of hydrogen-bond acceptors (Lipinski definition) is 5. The van der Waals surface area contributed by atoms with Crippen LogP contribution in [0, 0.1) is 12.3 Å². The number of nitrogens with one attached hydrogen (secondary N) is 3. The largest absolute Gasteiger partial charge is 0.496 e. The lowest BCUT2D eigenvalue weighted by Crippen LogP contribution is -2.32.